The summed E-state index contributed by atoms with van der Waals surface area (Å²) in [7, 11) is 0. The Bertz CT molecular complexity index is 1100. The molecule has 6 heteroatoms. The highest BCUT2D eigenvalue weighted by atomic mass is 32.1. The van der Waals surface area contributed by atoms with Crippen LogP contribution < -0.4 is 5.32 Å². The number of hydrogen-bond acceptors (Lipinski definition) is 2. The summed E-state index contributed by atoms with van der Waals surface area (Å²) in [6.07, 6.45) is 7.99. The van der Waals surface area contributed by atoms with Crippen LogP contribution in [0.5, 0.6) is 0 Å². The van der Waals surface area contributed by atoms with Crippen LogP contribution in [0.3, 0.4) is 0 Å². The van der Waals surface area contributed by atoms with Crippen molar-refractivity contribution < 1.29 is 4.39 Å². The zero-order chi connectivity index (χ0) is 22.2. The molecule has 1 aliphatic heterocycles. The van der Waals surface area contributed by atoms with Gasteiger partial charge < -0.3 is 14.8 Å². The number of hydrogen-bond donors (Lipinski definition) is 1. The van der Waals surface area contributed by atoms with Gasteiger partial charge in [-0.3, -0.25) is 4.98 Å². The molecule has 1 saturated heterocycles. The Balaban J connectivity index is 1.62. The topological polar surface area (TPSA) is 33.1 Å². The van der Waals surface area contributed by atoms with Crippen molar-refractivity contribution >= 4 is 17.3 Å². The van der Waals surface area contributed by atoms with Gasteiger partial charge in [-0.2, -0.15) is 0 Å². The number of aryl methyl sites for hydroxylation is 1. The Morgan fingerprint density at radius 1 is 1.03 bits per heavy atom. The zero-order valence-electron chi connectivity index (χ0n) is 18.6. The third kappa shape index (κ3) is 3.71. The Morgan fingerprint density at radius 2 is 1.78 bits per heavy atom. The molecule has 2 aliphatic rings. The summed E-state index contributed by atoms with van der Waals surface area (Å²) in [4.78, 5) is 7.13. The lowest BCUT2D eigenvalue weighted by atomic mass is 9.90. The van der Waals surface area contributed by atoms with Crippen LogP contribution in [-0.4, -0.2) is 25.6 Å². The maximum Gasteiger partial charge on any atom is 0.170 e. The first-order chi connectivity index (χ1) is 15.5. The van der Waals surface area contributed by atoms with E-state index in [0.29, 0.717) is 6.04 Å². The maximum atomic E-state index is 13.5. The third-order valence-corrected chi connectivity index (χ3v) is 7.31. The monoisotopic (exact) mass is 448 g/mol. The molecule has 1 N–H and O–H groups in total. The SMILES string of the molecule is Cc1cc(C2C(c3ccccn3)NC(=S)N2C2CCCCC2)c(C)n1-c1ccc(F)cc1. The van der Waals surface area contributed by atoms with Gasteiger partial charge in [-0.15, -0.1) is 0 Å². The lowest BCUT2D eigenvalue weighted by Crippen LogP contribution is -2.40. The van der Waals surface area contributed by atoms with Crippen molar-refractivity contribution in [2.45, 2.75) is 64.1 Å². The summed E-state index contributed by atoms with van der Waals surface area (Å²) >= 11 is 5.90. The van der Waals surface area contributed by atoms with Crippen molar-refractivity contribution in [2.24, 2.45) is 0 Å². The van der Waals surface area contributed by atoms with Gasteiger partial charge in [0, 0.05) is 29.3 Å². The molecule has 0 amide bonds. The maximum absolute atomic E-state index is 13.5. The van der Waals surface area contributed by atoms with Crippen LogP contribution in [0.15, 0.2) is 54.7 Å². The number of nitrogens with zero attached hydrogens (tertiary/aromatic N) is 3. The van der Waals surface area contributed by atoms with Gasteiger partial charge in [-0.1, -0.05) is 25.3 Å². The minimum atomic E-state index is -0.222. The molecule has 1 aromatic carbocycles. The summed E-state index contributed by atoms with van der Waals surface area (Å²) < 4.78 is 15.8. The molecule has 5 rings (SSSR count). The number of aromatic nitrogens is 2. The van der Waals surface area contributed by atoms with E-state index in [1.54, 1.807) is 0 Å². The molecule has 2 fully saturated rings. The Labute approximate surface area is 194 Å². The fourth-order valence-corrected chi connectivity index (χ4v) is 5.91. The zero-order valence-corrected chi connectivity index (χ0v) is 19.4. The minimum Gasteiger partial charge on any atom is -0.352 e. The van der Waals surface area contributed by atoms with Crippen LogP contribution >= 0.6 is 12.2 Å². The van der Waals surface area contributed by atoms with Gasteiger partial charge in [0.1, 0.15) is 5.82 Å². The molecule has 0 radical (unpaired) electrons. The average Bonchev–Trinajstić information content (AvgIpc) is 3.31. The van der Waals surface area contributed by atoms with Crippen LogP contribution in [-0.2, 0) is 0 Å². The normalized spacial score (nSPS) is 21.7. The van der Waals surface area contributed by atoms with Crippen LogP contribution in [0.4, 0.5) is 4.39 Å². The standard InChI is InChI=1S/C26H29FN4S/c1-17-16-22(18(2)30(17)21-13-11-19(27)12-14-21)25-24(23-10-6-7-15-28-23)29-26(32)31(25)20-8-4-3-5-9-20/h6-7,10-16,20,24-25H,3-5,8-9H2,1-2H3,(H,29,32). The smallest absolute Gasteiger partial charge is 0.170 e. The molecule has 0 spiro atoms. The number of pyridine rings is 1. The first kappa shape index (κ1) is 21.1. The molecule has 0 bridgehead atoms. The first-order valence-corrected chi connectivity index (χ1v) is 11.9. The highest BCUT2D eigenvalue weighted by Crippen LogP contribution is 2.44. The van der Waals surface area contributed by atoms with Crippen molar-refractivity contribution in [3.8, 4) is 5.69 Å². The Morgan fingerprint density at radius 3 is 2.47 bits per heavy atom. The second-order valence-corrected chi connectivity index (χ2v) is 9.35. The first-order valence-electron chi connectivity index (χ1n) is 11.5. The number of halogens is 1. The molecule has 166 valence electrons. The Kier molecular flexibility index (Phi) is 5.72. The van der Waals surface area contributed by atoms with Crippen LogP contribution in [0.25, 0.3) is 5.69 Å². The number of rotatable bonds is 4. The summed E-state index contributed by atoms with van der Waals surface area (Å²) in [5.41, 5.74) is 5.52. The number of nitrogens with one attached hydrogen (secondary N) is 1. The van der Waals surface area contributed by atoms with E-state index in [9.17, 15) is 4.39 Å². The van der Waals surface area contributed by atoms with Crippen LogP contribution in [0, 0.1) is 19.7 Å². The van der Waals surface area contributed by atoms with Crippen molar-refractivity contribution in [1.82, 2.24) is 19.8 Å². The van der Waals surface area contributed by atoms with E-state index in [2.05, 4.69) is 45.7 Å². The molecule has 2 atom stereocenters. The van der Waals surface area contributed by atoms with E-state index in [1.807, 2.05) is 30.5 Å². The highest BCUT2D eigenvalue weighted by Gasteiger charge is 2.44. The van der Waals surface area contributed by atoms with Gasteiger partial charge in [0.2, 0.25) is 0 Å². The molecule has 2 unspecified atom stereocenters. The number of benzene rings is 1. The number of thiocarbonyl (C=S) groups is 1. The van der Waals surface area contributed by atoms with Gasteiger partial charge in [-0.05, 0) is 86.9 Å². The fraction of sp³-hybridized carbons (Fsp3) is 0.385. The molecule has 1 saturated carbocycles. The van der Waals surface area contributed by atoms with Gasteiger partial charge in [0.15, 0.2) is 5.11 Å². The van der Waals surface area contributed by atoms with Crippen molar-refractivity contribution in [3.63, 3.8) is 0 Å². The second kappa shape index (κ2) is 8.66. The fourth-order valence-electron chi connectivity index (χ4n) is 5.53. The highest BCUT2D eigenvalue weighted by molar-refractivity contribution is 7.80. The Hall–Kier alpha value is -2.73. The minimum absolute atomic E-state index is 0.00667. The predicted octanol–water partition coefficient (Wildman–Crippen LogP) is 5.93. The molecular weight excluding hydrogens is 419 g/mol. The molecule has 1 aliphatic carbocycles. The lowest BCUT2D eigenvalue weighted by molar-refractivity contribution is 0.197. The largest absolute Gasteiger partial charge is 0.352 e. The van der Waals surface area contributed by atoms with Gasteiger partial charge in [-0.25, -0.2) is 4.39 Å². The second-order valence-electron chi connectivity index (χ2n) is 8.96. The molecule has 3 aromatic rings. The molecule has 4 nitrogen and oxygen atoms in total. The molecule has 32 heavy (non-hydrogen) atoms. The summed E-state index contributed by atoms with van der Waals surface area (Å²) in [5, 5.41) is 4.43. The summed E-state index contributed by atoms with van der Waals surface area (Å²) in [6.45, 7) is 4.27. The van der Waals surface area contributed by atoms with Crippen LogP contribution in [0.2, 0.25) is 0 Å². The van der Waals surface area contributed by atoms with E-state index >= 15 is 0 Å². The third-order valence-electron chi connectivity index (χ3n) is 6.98. The summed E-state index contributed by atoms with van der Waals surface area (Å²) in [6, 6.07) is 15.6. The quantitative estimate of drug-likeness (QED) is 0.501. The van der Waals surface area contributed by atoms with E-state index in [-0.39, 0.29) is 17.9 Å². The van der Waals surface area contributed by atoms with Crippen LogP contribution in [0.1, 0.15) is 66.8 Å². The van der Waals surface area contributed by atoms with E-state index in [4.69, 9.17) is 12.2 Å². The van der Waals surface area contributed by atoms with Crippen molar-refractivity contribution in [2.75, 3.05) is 0 Å². The molecule has 3 heterocycles. The van der Waals surface area contributed by atoms with Crippen molar-refractivity contribution in [3.05, 3.63) is 83.2 Å². The average molecular weight is 449 g/mol. The van der Waals surface area contributed by atoms with Gasteiger partial charge in [0.25, 0.3) is 0 Å². The molecular formula is C26H29FN4S. The predicted molar refractivity (Wildman–Crippen MR) is 129 cm³/mol. The van der Waals surface area contributed by atoms with Gasteiger partial charge in [0.05, 0.1) is 17.8 Å². The van der Waals surface area contributed by atoms with E-state index in [1.165, 1.54) is 49.8 Å². The lowest BCUT2D eigenvalue weighted by Gasteiger charge is -2.37. The molecule has 2 aromatic heterocycles. The summed E-state index contributed by atoms with van der Waals surface area (Å²) in [5.74, 6) is -0.222. The van der Waals surface area contributed by atoms with E-state index in [0.717, 1.165) is 27.9 Å². The van der Waals surface area contributed by atoms with Gasteiger partial charge >= 0.3 is 0 Å². The van der Waals surface area contributed by atoms with E-state index < -0.39 is 0 Å². The van der Waals surface area contributed by atoms with Crippen molar-refractivity contribution in [1.29, 1.82) is 0 Å².